The van der Waals surface area contributed by atoms with Gasteiger partial charge in [-0.1, -0.05) is 0 Å². The van der Waals surface area contributed by atoms with Crippen molar-refractivity contribution in [1.29, 1.82) is 0 Å². The van der Waals surface area contributed by atoms with Crippen LogP contribution in [-0.2, 0) is 16.8 Å². The predicted octanol–water partition coefficient (Wildman–Crippen LogP) is 1.78. The van der Waals surface area contributed by atoms with E-state index in [1.54, 1.807) is 20.8 Å². The van der Waals surface area contributed by atoms with Crippen LogP contribution >= 0.6 is 0 Å². The highest BCUT2D eigenvalue weighted by atomic mass is 32.2. The Balaban J connectivity index is 2.56. The van der Waals surface area contributed by atoms with Gasteiger partial charge >= 0.3 is 10.2 Å². The van der Waals surface area contributed by atoms with Gasteiger partial charge in [0.15, 0.2) is 0 Å². The summed E-state index contributed by atoms with van der Waals surface area (Å²) >= 11 is 0. The van der Waals surface area contributed by atoms with Crippen LogP contribution in [0.4, 0.5) is 11.4 Å². The van der Waals surface area contributed by atoms with Crippen molar-refractivity contribution in [2.75, 3.05) is 4.72 Å². The Morgan fingerprint density at radius 1 is 1.42 bits per heavy atom. The van der Waals surface area contributed by atoms with Gasteiger partial charge in [-0.3, -0.25) is 14.8 Å². The summed E-state index contributed by atoms with van der Waals surface area (Å²) in [6, 6.07) is 2.57. The van der Waals surface area contributed by atoms with Gasteiger partial charge in [-0.2, -0.15) is 12.7 Å². The van der Waals surface area contributed by atoms with E-state index in [-0.39, 0.29) is 18.3 Å². The van der Waals surface area contributed by atoms with E-state index in [1.807, 2.05) is 0 Å². The van der Waals surface area contributed by atoms with Crippen molar-refractivity contribution in [3.63, 3.8) is 0 Å². The van der Waals surface area contributed by atoms with Gasteiger partial charge in [0.2, 0.25) is 0 Å². The second-order valence-electron chi connectivity index (χ2n) is 4.80. The molecule has 0 bridgehead atoms. The molecule has 7 nitrogen and oxygen atoms in total. The first-order chi connectivity index (χ1) is 8.72. The van der Waals surface area contributed by atoms with Crippen LogP contribution in [0.15, 0.2) is 12.1 Å². The first-order valence-electron chi connectivity index (χ1n) is 5.80. The van der Waals surface area contributed by atoms with Crippen molar-refractivity contribution in [3.8, 4) is 0 Å². The third-order valence-electron chi connectivity index (χ3n) is 3.05. The average Bonchev–Trinajstić information content (AvgIpc) is 2.27. The zero-order valence-corrected chi connectivity index (χ0v) is 11.7. The number of aryl methyl sites for hydroxylation is 1. The third kappa shape index (κ3) is 2.41. The molecule has 0 fully saturated rings. The fourth-order valence-corrected chi connectivity index (χ4v) is 3.65. The summed E-state index contributed by atoms with van der Waals surface area (Å²) in [4.78, 5) is 10.4. The summed E-state index contributed by atoms with van der Waals surface area (Å²) in [5.41, 5.74) is 1.59. The van der Waals surface area contributed by atoms with Gasteiger partial charge in [0.25, 0.3) is 5.69 Å². The zero-order valence-electron chi connectivity index (χ0n) is 10.9. The van der Waals surface area contributed by atoms with E-state index in [1.165, 1.54) is 16.4 Å². The van der Waals surface area contributed by atoms with E-state index in [9.17, 15) is 18.5 Å². The van der Waals surface area contributed by atoms with Crippen molar-refractivity contribution in [3.05, 3.63) is 33.4 Å². The molecule has 0 atom stereocenters. The topological polar surface area (TPSA) is 92.5 Å². The minimum atomic E-state index is -3.58. The largest absolute Gasteiger partial charge is 0.302 e. The first kappa shape index (κ1) is 13.8. The smallest absolute Gasteiger partial charge is 0.270 e. The van der Waals surface area contributed by atoms with E-state index < -0.39 is 15.1 Å². The molecule has 0 saturated carbocycles. The molecule has 1 aromatic carbocycles. The lowest BCUT2D eigenvalue weighted by Gasteiger charge is -2.32. The number of nitro benzene ring substituents is 1. The highest BCUT2D eigenvalue weighted by molar-refractivity contribution is 7.90. The van der Waals surface area contributed by atoms with Gasteiger partial charge in [-0.05, 0) is 31.9 Å². The standard InChI is InChI=1S/C11H15N3O4S/c1-7(2)13-6-9-5-10(14(15)16)4-8(3)11(9)12-19(13,17)18/h4-5,7,12H,6H2,1-3H3. The predicted molar refractivity (Wildman–Crippen MR) is 71.1 cm³/mol. The molecule has 0 unspecified atom stereocenters. The Bertz CT molecular complexity index is 640. The molecule has 1 aliphatic rings. The van der Waals surface area contributed by atoms with Crippen LogP contribution in [0.3, 0.4) is 0 Å². The van der Waals surface area contributed by atoms with E-state index in [0.717, 1.165) is 0 Å². The molecular weight excluding hydrogens is 270 g/mol. The molecule has 104 valence electrons. The number of rotatable bonds is 2. The molecule has 1 heterocycles. The first-order valence-corrected chi connectivity index (χ1v) is 7.24. The number of non-ortho nitro benzene ring substituents is 1. The van der Waals surface area contributed by atoms with Gasteiger partial charge in [0.1, 0.15) is 0 Å². The van der Waals surface area contributed by atoms with Gasteiger partial charge in [-0.25, -0.2) is 0 Å². The Morgan fingerprint density at radius 2 is 2.05 bits per heavy atom. The van der Waals surface area contributed by atoms with Gasteiger partial charge in [0, 0.05) is 24.7 Å². The number of nitro groups is 1. The minimum absolute atomic E-state index is 0.0268. The molecule has 1 N–H and O–H groups in total. The Kier molecular flexibility index (Phi) is 3.23. The van der Waals surface area contributed by atoms with Gasteiger partial charge in [-0.15, -0.1) is 0 Å². The Morgan fingerprint density at radius 3 is 2.58 bits per heavy atom. The van der Waals surface area contributed by atoms with Crippen molar-refractivity contribution in [2.45, 2.75) is 33.4 Å². The van der Waals surface area contributed by atoms with E-state index >= 15 is 0 Å². The molecule has 2 rings (SSSR count). The van der Waals surface area contributed by atoms with Crippen molar-refractivity contribution >= 4 is 21.6 Å². The maximum Gasteiger partial charge on any atom is 0.302 e. The van der Waals surface area contributed by atoms with E-state index in [2.05, 4.69) is 4.72 Å². The summed E-state index contributed by atoms with van der Waals surface area (Å²) in [7, 11) is -3.58. The molecule has 0 aromatic heterocycles. The lowest BCUT2D eigenvalue weighted by Crippen LogP contribution is -2.43. The Hall–Kier alpha value is -1.67. The number of nitrogens with one attached hydrogen (secondary N) is 1. The molecule has 8 heteroatoms. The minimum Gasteiger partial charge on any atom is -0.270 e. The summed E-state index contributed by atoms with van der Waals surface area (Å²) in [5, 5.41) is 10.8. The maximum atomic E-state index is 12.0. The average molecular weight is 285 g/mol. The molecule has 1 aliphatic heterocycles. The van der Waals surface area contributed by atoms with Crippen LogP contribution in [0.25, 0.3) is 0 Å². The van der Waals surface area contributed by atoms with Crippen LogP contribution in [0.5, 0.6) is 0 Å². The molecule has 0 spiro atoms. The number of hydrogen-bond donors (Lipinski definition) is 1. The number of fused-ring (bicyclic) bond motifs is 1. The summed E-state index contributed by atoms with van der Waals surface area (Å²) < 4.78 is 27.8. The highest BCUT2D eigenvalue weighted by Gasteiger charge is 2.32. The number of anilines is 1. The van der Waals surface area contributed by atoms with Crippen molar-refractivity contribution in [2.24, 2.45) is 0 Å². The van der Waals surface area contributed by atoms with Crippen molar-refractivity contribution < 1.29 is 13.3 Å². The second kappa shape index (κ2) is 4.46. The van der Waals surface area contributed by atoms with Gasteiger partial charge in [0.05, 0.1) is 10.6 Å². The normalized spacial score (nSPS) is 17.9. The lowest BCUT2D eigenvalue weighted by molar-refractivity contribution is -0.385. The van der Waals surface area contributed by atoms with Crippen LogP contribution in [0.2, 0.25) is 0 Å². The zero-order chi connectivity index (χ0) is 14.4. The molecule has 0 aliphatic carbocycles. The summed E-state index contributed by atoms with van der Waals surface area (Å²) in [6.07, 6.45) is 0. The Labute approximate surface area is 111 Å². The molecule has 0 amide bonds. The third-order valence-corrected chi connectivity index (χ3v) is 4.68. The molecular formula is C11H15N3O4S. The molecule has 1 aromatic rings. The lowest BCUT2D eigenvalue weighted by atomic mass is 10.1. The molecule has 19 heavy (non-hydrogen) atoms. The van der Waals surface area contributed by atoms with Crippen LogP contribution in [0, 0.1) is 17.0 Å². The van der Waals surface area contributed by atoms with Gasteiger partial charge < -0.3 is 0 Å². The fraction of sp³-hybridized carbons (Fsp3) is 0.455. The summed E-state index contributed by atoms with van der Waals surface area (Å²) in [6.45, 7) is 5.31. The maximum absolute atomic E-state index is 12.0. The van der Waals surface area contributed by atoms with E-state index in [0.29, 0.717) is 16.8 Å². The molecule has 0 radical (unpaired) electrons. The monoisotopic (exact) mass is 285 g/mol. The van der Waals surface area contributed by atoms with E-state index in [4.69, 9.17) is 0 Å². The number of benzene rings is 1. The number of nitrogens with zero attached hydrogens (tertiary/aromatic N) is 2. The molecule has 0 saturated heterocycles. The number of hydrogen-bond acceptors (Lipinski definition) is 4. The van der Waals surface area contributed by atoms with Crippen LogP contribution in [-0.4, -0.2) is 23.7 Å². The van der Waals surface area contributed by atoms with Crippen molar-refractivity contribution in [1.82, 2.24) is 4.31 Å². The second-order valence-corrected chi connectivity index (χ2v) is 6.42. The quantitative estimate of drug-likeness (QED) is 0.662. The fourth-order valence-electron chi connectivity index (χ4n) is 2.12. The highest BCUT2D eigenvalue weighted by Crippen LogP contribution is 2.33. The van der Waals surface area contributed by atoms with Crippen LogP contribution in [0.1, 0.15) is 25.0 Å². The van der Waals surface area contributed by atoms with Crippen LogP contribution < -0.4 is 4.72 Å². The SMILES string of the molecule is Cc1cc([N+](=O)[O-])cc2c1NS(=O)(=O)N(C(C)C)C2. The summed E-state index contributed by atoms with van der Waals surface area (Å²) in [5.74, 6) is 0.